The van der Waals surface area contributed by atoms with Crippen molar-refractivity contribution >= 4 is 39.2 Å². The Morgan fingerprint density at radius 3 is 2.93 bits per heavy atom. The highest BCUT2D eigenvalue weighted by Crippen LogP contribution is 2.23. The van der Waals surface area contributed by atoms with Crippen molar-refractivity contribution in [3.8, 4) is 11.4 Å². The van der Waals surface area contributed by atoms with Gasteiger partial charge in [-0.3, -0.25) is 9.59 Å². The topological polar surface area (TPSA) is 119 Å². The molecule has 0 atom stereocenters. The van der Waals surface area contributed by atoms with E-state index < -0.39 is 0 Å². The summed E-state index contributed by atoms with van der Waals surface area (Å²) in [6.45, 7) is 0.511. The molecule has 0 spiro atoms. The van der Waals surface area contributed by atoms with E-state index in [0.717, 1.165) is 27.6 Å². The number of hydrogen-bond acceptors (Lipinski definition) is 5. The second kappa shape index (κ2) is 7.02. The van der Waals surface area contributed by atoms with Crippen molar-refractivity contribution in [1.29, 1.82) is 0 Å². The molecule has 1 amide bonds. The van der Waals surface area contributed by atoms with Crippen LogP contribution in [0.15, 0.2) is 52.3 Å². The van der Waals surface area contributed by atoms with Crippen LogP contribution in [0, 0.1) is 0 Å². The van der Waals surface area contributed by atoms with Gasteiger partial charge in [0.15, 0.2) is 5.69 Å². The van der Waals surface area contributed by atoms with E-state index in [1.807, 2.05) is 22.9 Å². The molecule has 0 saturated heterocycles. The lowest BCUT2D eigenvalue weighted by Crippen LogP contribution is -2.25. The Morgan fingerprint density at radius 1 is 1.14 bits per heavy atom. The van der Waals surface area contributed by atoms with Crippen LogP contribution in [0.25, 0.3) is 33.3 Å². The first-order valence-electron chi connectivity index (χ1n) is 9.02. The van der Waals surface area contributed by atoms with Crippen molar-refractivity contribution in [1.82, 2.24) is 30.2 Å². The number of benzene rings is 1. The average Bonchev–Trinajstić information content (AvgIpc) is 3.46. The Morgan fingerprint density at radius 2 is 2.07 bits per heavy atom. The molecule has 5 aromatic rings. The molecule has 0 fully saturated rings. The summed E-state index contributed by atoms with van der Waals surface area (Å²) in [7, 11) is 0. The summed E-state index contributed by atoms with van der Waals surface area (Å²) in [4.78, 5) is 42.3. The van der Waals surface area contributed by atoms with Gasteiger partial charge in [0.05, 0.1) is 23.1 Å². The average molecular weight is 404 g/mol. The molecule has 0 radical (unpaired) electrons. The SMILES string of the molecule is O=C(NCCc1cnc[nH]1)c1ccc2[nH]c(-c3nc4cscc4[nH]c3=O)cc2c1. The highest BCUT2D eigenvalue weighted by atomic mass is 32.1. The molecule has 0 aliphatic heterocycles. The van der Waals surface area contributed by atoms with Crippen LogP contribution in [0.1, 0.15) is 16.1 Å². The molecule has 5 rings (SSSR count). The number of nitrogens with zero attached hydrogens (tertiary/aromatic N) is 2. The zero-order chi connectivity index (χ0) is 19.8. The Kier molecular flexibility index (Phi) is 4.21. The van der Waals surface area contributed by atoms with Gasteiger partial charge in [0, 0.05) is 52.1 Å². The van der Waals surface area contributed by atoms with Gasteiger partial charge in [-0.15, -0.1) is 11.3 Å². The van der Waals surface area contributed by atoms with Crippen LogP contribution in [-0.4, -0.2) is 37.4 Å². The smallest absolute Gasteiger partial charge is 0.276 e. The minimum atomic E-state index is -0.251. The maximum atomic E-state index is 12.5. The highest BCUT2D eigenvalue weighted by molar-refractivity contribution is 7.09. The van der Waals surface area contributed by atoms with Gasteiger partial charge >= 0.3 is 0 Å². The highest BCUT2D eigenvalue weighted by Gasteiger charge is 2.13. The summed E-state index contributed by atoms with van der Waals surface area (Å²) in [6, 6.07) is 7.23. The molecule has 0 saturated carbocycles. The third-order valence-electron chi connectivity index (χ3n) is 4.71. The summed E-state index contributed by atoms with van der Waals surface area (Å²) in [5.41, 5.74) is 4.54. The number of amides is 1. The van der Waals surface area contributed by atoms with Gasteiger partial charge in [0.25, 0.3) is 11.5 Å². The largest absolute Gasteiger partial charge is 0.353 e. The molecule has 0 aliphatic rings. The van der Waals surface area contributed by atoms with Crippen LogP contribution in [-0.2, 0) is 6.42 Å². The summed E-state index contributed by atoms with van der Waals surface area (Å²) >= 11 is 1.49. The summed E-state index contributed by atoms with van der Waals surface area (Å²) in [5, 5.41) is 7.49. The number of nitrogens with one attached hydrogen (secondary N) is 4. The maximum Gasteiger partial charge on any atom is 0.276 e. The molecule has 1 aromatic carbocycles. The van der Waals surface area contributed by atoms with Gasteiger partial charge in [-0.1, -0.05) is 0 Å². The van der Waals surface area contributed by atoms with E-state index in [0.29, 0.717) is 29.9 Å². The quantitative estimate of drug-likeness (QED) is 0.360. The monoisotopic (exact) mass is 404 g/mol. The van der Waals surface area contributed by atoms with Crippen LogP contribution >= 0.6 is 11.3 Å². The van der Waals surface area contributed by atoms with Crippen molar-refractivity contribution in [2.24, 2.45) is 0 Å². The Labute approximate surface area is 168 Å². The molecule has 4 aromatic heterocycles. The van der Waals surface area contributed by atoms with E-state index in [4.69, 9.17) is 0 Å². The fourth-order valence-corrected chi connectivity index (χ4v) is 3.93. The van der Waals surface area contributed by atoms with Crippen LogP contribution in [0.5, 0.6) is 0 Å². The molecular weight excluding hydrogens is 388 g/mol. The minimum absolute atomic E-state index is 0.148. The van der Waals surface area contributed by atoms with Crippen LogP contribution in [0.2, 0.25) is 0 Å². The van der Waals surface area contributed by atoms with Crippen molar-refractivity contribution < 1.29 is 4.79 Å². The molecule has 4 N–H and O–H groups in total. The number of carbonyl (C=O) groups excluding carboxylic acids is 1. The van der Waals surface area contributed by atoms with Crippen molar-refractivity contribution in [2.75, 3.05) is 6.54 Å². The lowest BCUT2D eigenvalue weighted by atomic mass is 10.1. The molecule has 4 heterocycles. The first-order valence-corrected chi connectivity index (χ1v) is 9.96. The van der Waals surface area contributed by atoms with E-state index in [2.05, 4.69) is 30.2 Å². The van der Waals surface area contributed by atoms with E-state index in [1.165, 1.54) is 11.3 Å². The molecule has 9 heteroatoms. The molecule has 8 nitrogen and oxygen atoms in total. The summed E-state index contributed by atoms with van der Waals surface area (Å²) < 4.78 is 0. The summed E-state index contributed by atoms with van der Waals surface area (Å²) in [6.07, 6.45) is 4.04. The Balaban J connectivity index is 1.40. The third-order valence-corrected chi connectivity index (χ3v) is 5.44. The number of fused-ring (bicyclic) bond motifs is 2. The first-order chi connectivity index (χ1) is 14.2. The molecule has 29 heavy (non-hydrogen) atoms. The van der Waals surface area contributed by atoms with Crippen molar-refractivity contribution in [2.45, 2.75) is 6.42 Å². The number of aromatic amines is 3. The van der Waals surface area contributed by atoms with Crippen molar-refractivity contribution in [3.05, 3.63) is 69.2 Å². The minimum Gasteiger partial charge on any atom is -0.353 e. The Bertz CT molecular complexity index is 1380. The van der Waals surface area contributed by atoms with E-state index in [1.54, 1.807) is 24.7 Å². The van der Waals surface area contributed by atoms with E-state index in [9.17, 15) is 9.59 Å². The van der Waals surface area contributed by atoms with Gasteiger partial charge in [-0.05, 0) is 24.3 Å². The maximum absolute atomic E-state index is 12.5. The van der Waals surface area contributed by atoms with Gasteiger partial charge in [0.2, 0.25) is 0 Å². The first kappa shape index (κ1) is 17.4. The fourth-order valence-electron chi connectivity index (χ4n) is 3.24. The number of imidazole rings is 1. The van der Waals surface area contributed by atoms with Gasteiger partial charge < -0.3 is 20.3 Å². The van der Waals surface area contributed by atoms with Gasteiger partial charge in [-0.25, -0.2) is 9.97 Å². The number of aromatic nitrogens is 5. The van der Waals surface area contributed by atoms with Crippen LogP contribution in [0.4, 0.5) is 0 Å². The number of hydrogen-bond donors (Lipinski definition) is 4. The molecule has 0 unspecified atom stereocenters. The zero-order valence-corrected chi connectivity index (χ0v) is 16.0. The molecule has 0 bridgehead atoms. The zero-order valence-electron chi connectivity index (χ0n) is 15.2. The van der Waals surface area contributed by atoms with Crippen molar-refractivity contribution in [3.63, 3.8) is 0 Å². The standard InChI is InChI=1S/C20H16N6O2S/c27-19(22-4-3-13-7-21-10-23-13)11-1-2-14-12(5-11)6-15(24-14)18-20(28)26-17-9-29-8-16(17)25-18/h1-2,5-10,24H,3-4H2,(H,21,23)(H,22,27)(H,26,28). The van der Waals surface area contributed by atoms with Crippen LogP contribution < -0.4 is 10.9 Å². The van der Waals surface area contributed by atoms with Gasteiger partial charge in [-0.2, -0.15) is 0 Å². The predicted molar refractivity (Wildman–Crippen MR) is 112 cm³/mol. The second-order valence-electron chi connectivity index (χ2n) is 6.65. The Hall–Kier alpha value is -3.72. The fraction of sp³-hybridized carbons (Fsp3) is 0.100. The molecular formula is C20H16N6O2S. The van der Waals surface area contributed by atoms with Crippen LogP contribution in [0.3, 0.4) is 0 Å². The summed E-state index contributed by atoms with van der Waals surface area (Å²) in [5.74, 6) is -0.148. The number of H-pyrrole nitrogens is 3. The predicted octanol–water partition coefficient (Wildman–Crippen LogP) is 2.83. The number of carbonyl (C=O) groups is 1. The molecule has 144 valence electrons. The van der Waals surface area contributed by atoms with E-state index in [-0.39, 0.29) is 11.5 Å². The molecule has 0 aliphatic carbocycles. The normalized spacial score (nSPS) is 11.3. The second-order valence-corrected chi connectivity index (χ2v) is 7.40. The number of thiophene rings is 1. The van der Waals surface area contributed by atoms with E-state index >= 15 is 0 Å². The van der Waals surface area contributed by atoms with Gasteiger partial charge in [0.1, 0.15) is 0 Å². The third kappa shape index (κ3) is 3.32. The lowest BCUT2D eigenvalue weighted by Gasteiger charge is -2.04. The number of rotatable bonds is 5. The lowest BCUT2D eigenvalue weighted by molar-refractivity contribution is 0.0954.